The number of aliphatic hydroxyl groups excluding tert-OH is 1. The summed E-state index contributed by atoms with van der Waals surface area (Å²) in [7, 11) is 0. The van der Waals surface area contributed by atoms with Crippen molar-refractivity contribution in [3.05, 3.63) is 17.2 Å². The van der Waals surface area contributed by atoms with E-state index >= 15 is 0 Å². The van der Waals surface area contributed by atoms with E-state index in [1.807, 2.05) is 27.7 Å². The summed E-state index contributed by atoms with van der Waals surface area (Å²) in [5, 5.41) is 41.1. The molecule has 4 rings (SSSR count). The van der Waals surface area contributed by atoms with Crippen molar-refractivity contribution >= 4 is 11.6 Å². The number of carbonyl (C=O) groups is 2. The van der Waals surface area contributed by atoms with E-state index in [0.29, 0.717) is 24.0 Å². The van der Waals surface area contributed by atoms with E-state index in [0.717, 1.165) is 0 Å². The van der Waals surface area contributed by atoms with Crippen LogP contribution in [0.25, 0.3) is 0 Å². The largest absolute Gasteiger partial charge is 0.504 e. The summed E-state index contributed by atoms with van der Waals surface area (Å²) in [5.41, 5.74) is -0.434. The Kier molecular flexibility index (Phi) is 3.42. The second kappa shape index (κ2) is 5.04. The molecule has 2 fully saturated rings. The van der Waals surface area contributed by atoms with Crippen LogP contribution in [0.1, 0.15) is 58.1 Å². The van der Waals surface area contributed by atoms with Crippen LogP contribution in [0.15, 0.2) is 6.07 Å². The Balaban J connectivity index is 2.02. The lowest BCUT2D eigenvalue weighted by molar-refractivity contribution is -0.151. The quantitative estimate of drug-likeness (QED) is 0.409. The third kappa shape index (κ3) is 2.10. The van der Waals surface area contributed by atoms with E-state index in [2.05, 4.69) is 0 Å². The van der Waals surface area contributed by atoms with Gasteiger partial charge in [-0.2, -0.15) is 0 Å². The first-order valence-corrected chi connectivity index (χ1v) is 9.38. The molecule has 6 heteroatoms. The van der Waals surface area contributed by atoms with Gasteiger partial charge in [-0.15, -0.1) is 0 Å². The van der Waals surface area contributed by atoms with Crippen molar-refractivity contribution in [1.29, 1.82) is 0 Å². The molecule has 27 heavy (non-hydrogen) atoms. The molecule has 4 unspecified atom stereocenters. The highest BCUT2D eigenvalue weighted by molar-refractivity contribution is 6.40. The van der Waals surface area contributed by atoms with Crippen molar-refractivity contribution < 1.29 is 30.0 Å². The fraction of sp³-hybridized carbons (Fsp3) is 0.619. The van der Waals surface area contributed by atoms with Crippen LogP contribution in [0.5, 0.6) is 17.2 Å². The van der Waals surface area contributed by atoms with Crippen LogP contribution in [0.3, 0.4) is 0 Å². The number of rotatable bonds is 0. The van der Waals surface area contributed by atoms with Gasteiger partial charge in [0.2, 0.25) is 17.3 Å². The molecule has 0 radical (unpaired) electrons. The molecule has 0 heterocycles. The number of aromatic hydroxyl groups is 3. The lowest BCUT2D eigenvalue weighted by Gasteiger charge is -2.38. The van der Waals surface area contributed by atoms with E-state index in [9.17, 15) is 30.0 Å². The molecule has 0 amide bonds. The maximum atomic E-state index is 13.0. The molecule has 4 N–H and O–H groups in total. The highest BCUT2D eigenvalue weighted by Crippen LogP contribution is 2.70. The Morgan fingerprint density at radius 3 is 2.22 bits per heavy atom. The predicted molar refractivity (Wildman–Crippen MR) is 96.8 cm³/mol. The summed E-state index contributed by atoms with van der Waals surface area (Å²) < 4.78 is 0. The summed E-state index contributed by atoms with van der Waals surface area (Å²) in [5.74, 6) is -3.60. The van der Waals surface area contributed by atoms with Gasteiger partial charge in [0.05, 0.1) is 0 Å². The lowest BCUT2D eigenvalue weighted by Crippen LogP contribution is -2.49. The van der Waals surface area contributed by atoms with E-state index in [1.54, 1.807) is 0 Å². The lowest BCUT2D eigenvalue weighted by atomic mass is 9.63. The highest BCUT2D eigenvalue weighted by Gasteiger charge is 2.68. The molecule has 0 bridgehead atoms. The Morgan fingerprint density at radius 2 is 1.59 bits per heavy atom. The minimum Gasteiger partial charge on any atom is -0.504 e. The van der Waals surface area contributed by atoms with Gasteiger partial charge in [-0.1, -0.05) is 27.7 Å². The van der Waals surface area contributed by atoms with Gasteiger partial charge < -0.3 is 20.4 Å². The van der Waals surface area contributed by atoms with Crippen LogP contribution in [0.2, 0.25) is 0 Å². The van der Waals surface area contributed by atoms with Crippen molar-refractivity contribution in [2.24, 2.45) is 17.3 Å². The second-order valence-electron chi connectivity index (χ2n) is 9.96. The second-order valence-corrected chi connectivity index (χ2v) is 9.96. The van der Waals surface area contributed by atoms with Crippen molar-refractivity contribution in [3.8, 4) is 17.2 Å². The standard InChI is InChI=1S/C21H26O6/c1-19(2)7-21(13-9(19)5-11(22)15(24)17(13)26)8-20(3,4)10-6-12(23)16(25)18(27)14(10)21/h5,10,12,14,22-24,26H,6-8H2,1-4H3. The van der Waals surface area contributed by atoms with E-state index in [1.165, 1.54) is 6.07 Å². The minimum atomic E-state index is -1.27. The van der Waals surface area contributed by atoms with E-state index in [-0.39, 0.29) is 17.8 Å². The molecular formula is C21H26O6. The molecule has 0 saturated heterocycles. The zero-order valence-electron chi connectivity index (χ0n) is 16.0. The van der Waals surface area contributed by atoms with Crippen molar-refractivity contribution in [1.82, 2.24) is 0 Å². The van der Waals surface area contributed by atoms with Gasteiger partial charge in [0.25, 0.3) is 0 Å². The Hall–Kier alpha value is -2.08. The smallest absolute Gasteiger partial charge is 0.227 e. The van der Waals surface area contributed by atoms with Gasteiger partial charge in [0.15, 0.2) is 11.5 Å². The fourth-order valence-corrected chi connectivity index (χ4v) is 6.52. The molecule has 4 atom stereocenters. The third-order valence-electron chi connectivity index (χ3n) is 7.32. The molecule has 1 spiro atoms. The molecule has 3 aliphatic rings. The fourth-order valence-electron chi connectivity index (χ4n) is 6.52. The first-order valence-electron chi connectivity index (χ1n) is 9.38. The van der Waals surface area contributed by atoms with Gasteiger partial charge in [0.1, 0.15) is 6.10 Å². The number of phenolic OH excluding ortho intramolecular Hbond substituents is 3. The molecule has 146 valence electrons. The van der Waals surface area contributed by atoms with Gasteiger partial charge in [-0.05, 0) is 47.6 Å². The normalized spacial score (nSPS) is 36.1. The number of carbonyl (C=O) groups excluding carboxylic acids is 2. The number of benzene rings is 1. The van der Waals surface area contributed by atoms with Gasteiger partial charge in [-0.25, -0.2) is 0 Å². The Morgan fingerprint density at radius 1 is 0.963 bits per heavy atom. The van der Waals surface area contributed by atoms with Crippen LogP contribution in [-0.4, -0.2) is 38.1 Å². The summed E-state index contributed by atoms with van der Waals surface area (Å²) in [4.78, 5) is 25.4. The summed E-state index contributed by atoms with van der Waals surface area (Å²) >= 11 is 0. The average Bonchev–Trinajstić information content (AvgIpc) is 2.89. The zero-order valence-corrected chi connectivity index (χ0v) is 16.0. The van der Waals surface area contributed by atoms with Crippen LogP contribution in [-0.2, 0) is 20.4 Å². The average molecular weight is 374 g/mol. The molecule has 0 aromatic heterocycles. The Labute approximate surface area is 157 Å². The number of Topliss-reactive ketones (excluding diaryl/α,β-unsaturated/α-hetero) is 2. The van der Waals surface area contributed by atoms with Gasteiger partial charge in [0, 0.05) is 16.9 Å². The minimum absolute atomic E-state index is 0.199. The SMILES string of the molecule is CC1(C)CC2(CC(C)(C)C3CC(O)C(=O)C(=O)C32)c2c1cc(O)c(O)c2O. The number of hydrogen-bond acceptors (Lipinski definition) is 6. The molecule has 3 aliphatic carbocycles. The van der Waals surface area contributed by atoms with Crippen LogP contribution < -0.4 is 0 Å². The molecule has 6 nitrogen and oxygen atoms in total. The first-order chi connectivity index (χ1) is 12.3. The zero-order chi connectivity index (χ0) is 20.1. The summed E-state index contributed by atoms with van der Waals surface area (Å²) in [6, 6.07) is 1.46. The maximum absolute atomic E-state index is 13.0. The predicted octanol–water partition coefficient (Wildman–Crippen LogP) is 2.29. The highest BCUT2D eigenvalue weighted by atomic mass is 16.3. The van der Waals surface area contributed by atoms with Gasteiger partial charge in [-0.3, -0.25) is 9.59 Å². The summed E-state index contributed by atoms with van der Waals surface area (Å²) in [6.45, 7) is 8.00. The number of hydrogen-bond donors (Lipinski definition) is 4. The Bertz CT molecular complexity index is 883. The molecule has 1 aromatic carbocycles. The van der Waals surface area contributed by atoms with Gasteiger partial charge >= 0.3 is 0 Å². The van der Waals surface area contributed by atoms with E-state index < -0.39 is 51.7 Å². The number of phenols is 3. The summed E-state index contributed by atoms with van der Waals surface area (Å²) in [6.07, 6.45) is 0.0228. The molecule has 0 aliphatic heterocycles. The van der Waals surface area contributed by atoms with Crippen LogP contribution in [0, 0.1) is 17.3 Å². The number of aliphatic hydroxyl groups is 1. The van der Waals surface area contributed by atoms with Crippen molar-refractivity contribution in [3.63, 3.8) is 0 Å². The molecular weight excluding hydrogens is 348 g/mol. The monoisotopic (exact) mass is 374 g/mol. The van der Waals surface area contributed by atoms with Crippen molar-refractivity contribution in [2.45, 2.75) is 63.9 Å². The van der Waals surface area contributed by atoms with Crippen LogP contribution in [0.4, 0.5) is 0 Å². The number of ketones is 2. The molecule has 1 aromatic rings. The first kappa shape index (κ1) is 18.3. The van der Waals surface area contributed by atoms with Crippen molar-refractivity contribution in [2.75, 3.05) is 0 Å². The van der Waals surface area contributed by atoms with E-state index in [4.69, 9.17) is 0 Å². The van der Waals surface area contributed by atoms with Crippen LogP contribution >= 0.6 is 0 Å². The molecule has 2 saturated carbocycles. The topological polar surface area (TPSA) is 115 Å². The third-order valence-corrected chi connectivity index (χ3v) is 7.32. The maximum Gasteiger partial charge on any atom is 0.227 e. The number of fused-ring (bicyclic) bond motifs is 4.